The first-order valence-corrected chi connectivity index (χ1v) is 7.96. The van der Waals surface area contributed by atoms with Gasteiger partial charge < -0.3 is 25.1 Å². The van der Waals surface area contributed by atoms with Gasteiger partial charge in [-0.1, -0.05) is 19.0 Å². The molecular weight excluding hydrogens is 328 g/mol. The lowest BCUT2D eigenvalue weighted by Crippen LogP contribution is -2.25. The molecule has 1 rings (SSSR count). The normalized spacial score (nSPS) is 10.8. The lowest BCUT2D eigenvalue weighted by atomic mass is 10.1. The highest BCUT2D eigenvalue weighted by Gasteiger charge is 2.04. The smallest absolute Gasteiger partial charge is 0.414 e. The molecule has 0 radical (unpaired) electrons. The van der Waals surface area contributed by atoms with E-state index in [0.29, 0.717) is 5.71 Å². The Kier molecular flexibility index (Phi) is 11.4. The van der Waals surface area contributed by atoms with Crippen molar-refractivity contribution < 1.29 is 29.7 Å². The zero-order valence-electron chi connectivity index (χ0n) is 14.8. The van der Waals surface area contributed by atoms with Crippen molar-refractivity contribution in [2.75, 3.05) is 26.2 Å². The van der Waals surface area contributed by atoms with Gasteiger partial charge in [0.15, 0.2) is 0 Å². The number of rotatable bonds is 8. The highest BCUT2D eigenvalue weighted by Crippen LogP contribution is 2.13. The molecule has 25 heavy (non-hydrogen) atoms. The summed E-state index contributed by atoms with van der Waals surface area (Å²) in [6, 6.07) is 7.60. The van der Waals surface area contributed by atoms with Crippen LogP contribution in [0.4, 0.5) is 0 Å². The Hall–Kier alpha value is -2.61. The van der Waals surface area contributed by atoms with Crippen molar-refractivity contribution in [3.8, 4) is 5.75 Å². The van der Waals surface area contributed by atoms with Gasteiger partial charge in [-0.15, -0.1) is 0 Å². The average Bonchev–Trinajstić information content (AvgIpc) is 2.62. The summed E-state index contributed by atoms with van der Waals surface area (Å²) >= 11 is 0. The Morgan fingerprint density at radius 3 is 2.00 bits per heavy atom. The first-order valence-electron chi connectivity index (χ1n) is 7.96. The molecule has 0 spiro atoms. The molecule has 0 aliphatic rings. The summed E-state index contributed by atoms with van der Waals surface area (Å²) in [5.41, 5.74) is 1.51. The molecule has 0 aliphatic heterocycles. The summed E-state index contributed by atoms with van der Waals surface area (Å²) in [6.45, 7) is 10.1. The van der Waals surface area contributed by atoms with Crippen molar-refractivity contribution in [2.45, 2.75) is 27.2 Å². The van der Waals surface area contributed by atoms with Crippen molar-refractivity contribution in [1.82, 2.24) is 4.90 Å². The van der Waals surface area contributed by atoms with E-state index >= 15 is 0 Å². The monoisotopic (exact) mass is 354 g/mol. The second-order valence-electron chi connectivity index (χ2n) is 5.05. The summed E-state index contributed by atoms with van der Waals surface area (Å²) in [5.74, 6) is -2.79. The van der Waals surface area contributed by atoms with Crippen LogP contribution in [-0.4, -0.2) is 64.2 Å². The van der Waals surface area contributed by atoms with Gasteiger partial charge in [0.1, 0.15) is 5.75 Å². The van der Waals surface area contributed by atoms with Gasteiger partial charge in [-0.25, -0.2) is 9.59 Å². The van der Waals surface area contributed by atoms with Gasteiger partial charge in [-0.2, -0.15) is 0 Å². The van der Waals surface area contributed by atoms with Crippen LogP contribution in [0.25, 0.3) is 0 Å². The number of oxime groups is 1. The van der Waals surface area contributed by atoms with Crippen molar-refractivity contribution >= 4 is 17.7 Å². The van der Waals surface area contributed by atoms with E-state index in [-0.39, 0.29) is 0 Å². The molecule has 0 aliphatic carbocycles. The molecule has 140 valence electrons. The van der Waals surface area contributed by atoms with Gasteiger partial charge >= 0.3 is 11.9 Å². The largest absolute Gasteiger partial charge is 0.494 e. The third-order valence-corrected chi connectivity index (χ3v) is 3.39. The summed E-state index contributed by atoms with van der Waals surface area (Å²) < 4.78 is 5.68. The minimum Gasteiger partial charge on any atom is -0.494 e. The van der Waals surface area contributed by atoms with E-state index in [1.807, 2.05) is 24.3 Å². The fourth-order valence-corrected chi connectivity index (χ4v) is 1.87. The SMILES string of the molecule is CCN(CC)CCCOc1ccc(/C(C)=N/O)cc1.O=C(O)C(=O)O. The second-order valence-corrected chi connectivity index (χ2v) is 5.05. The number of carbonyl (C=O) groups is 2. The number of nitrogens with zero attached hydrogens (tertiary/aromatic N) is 2. The Bertz CT molecular complexity index is 541. The Morgan fingerprint density at radius 2 is 1.60 bits per heavy atom. The van der Waals surface area contributed by atoms with Crippen LogP contribution in [0, 0.1) is 0 Å². The molecular formula is C17H26N2O6. The maximum Gasteiger partial charge on any atom is 0.414 e. The molecule has 0 atom stereocenters. The van der Waals surface area contributed by atoms with Crippen LogP contribution >= 0.6 is 0 Å². The van der Waals surface area contributed by atoms with E-state index in [1.54, 1.807) is 6.92 Å². The first kappa shape index (κ1) is 22.4. The van der Waals surface area contributed by atoms with Gasteiger partial charge in [-0.3, -0.25) is 0 Å². The molecule has 8 heteroatoms. The van der Waals surface area contributed by atoms with E-state index in [2.05, 4.69) is 23.9 Å². The molecule has 0 heterocycles. The van der Waals surface area contributed by atoms with Crippen molar-refractivity contribution in [3.63, 3.8) is 0 Å². The van der Waals surface area contributed by atoms with E-state index in [4.69, 9.17) is 29.7 Å². The lowest BCUT2D eigenvalue weighted by Gasteiger charge is -2.17. The highest BCUT2D eigenvalue weighted by atomic mass is 16.5. The summed E-state index contributed by atoms with van der Waals surface area (Å²) in [7, 11) is 0. The predicted molar refractivity (Wildman–Crippen MR) is 93.6 cm³/mol. The van der Waals surface area contributed by atoms with Gasteiger partial charge in [-0.05, 0) is 56.3 Å². The fourth-order valence-electron chi connectivity index (χ4n) is 1.87. The van der Waals surface area contributed by atoms with Crippen molar-refractivity contribution in [3.05, 3.63) is 29.8 Å². The number of aliphatic carboxylic acids is 2. The fraction of sp³-hybridized carbons (Fsp3) is 0.471. The van der Waals surface area contributed by atoms with E-state index in [1.165, 1.54) is 0 Å². The number of ether oxygens (including phenoxy) is 1. The third kappa shape index (κ3) is 9.98. The Morgan fingerprint density at radius 1 is 1.08 bits per heavy atom. The van der Waals surface area contributed by atoms with Crippen molar-refractivity contribution in [1.29, 1.82) is 0 Å². The van der Waals surface area contributed by atoms with E-state index < -0.39 is 11.9 Å². The number of carboxylic acid groups (broad SMARTS) is 2. The molecule has 0 fully saturated rings. The van der Waals surface area contributed by atoms with E-state index in [9.17, 15) is 0 Å². The topological polar surface area (TPSA) is 120 Å². The molecule has 0 bridgehead atoms. The molecule has 1 aromatic rings. The van der Waals surface area contributed by atoms with E-state index in [0.717, 1.165) is 44.0 Å². The van der Waals surface area contributed by atoms with Gasteiger partial charge in [0.05, 0.1) is 12.3 Å². The third-order valence-electron chi connectivity index (χ3n) is 3.39. The minimum absolute atomic E-state index is 0.605. The van der Waals surface area contributed by atoms with Crippen LogP contribution in [-0.2, 0) is 9.59 Å². The summed E-state index contributed by atoms with van der Waals surface area (Å²) in [4.78, 5) is 20.6. The molecule has 0 amide bonds. The van der Waals surface area contributed by atoms with Crippen LogP contribution in [0.2, 0.25) is 0 Å². The number of carboxylic acids is 2. The Labute approximate surface area is 147 Å². The van der Waals surface area contributed by atoms with Crippen LogP contribution in [0.1, 0.15) is 32.8 Å². The predicted octanol–water partition coefficient (Wildman–Crippen LogP) is 2.15. The zero-order valence-corrected chi connectivity index (χ0v) is 14.8. The van der Waals surface area contributed by atoms with Crippen LogP contribution in [0.15, 0.2) is 29.4 Å². The zero-order chi connectivity index (χ0) is 19.2. The Balaban J connectivity index is 0.000000823. The van der Waals surface area contributed by atoms with Crippen molar-refractivity contribution in [2.24, 2.45) is 5.16 Å². The van der Waals surface area contributed by atoms with Gasteiger partial charge in [0, 0.05) is 6.54 Å². The molecule has 8 nitrogen and oxygen atoms in total. The highest BCUT2D eigenvalue weighted by molar-refractivity contribution is 6.27. The average molecular weight is 354 g/mol. The lowest BCUT2D eigenvalue weighted by molar-refractivity contribution is -0.159. The summed E-state index contributed by atoms with van der Waals surface area (Å²) in [5, 5.41) is 26.6. The molecule has 0 aromatic heterocycles. The van der Waals surface area contributed by atoms with Gasteiger partial charge in [0.2, 0.25) is 0 Å². The number of hydrogen-bond donors (Lipinski definition) is 3. The minimum atomic E-state index is -1.82. The number of benzene rings is 1. The molecule has 0 saturated heterocycles. The molecule has 3 N–H and O–H groups in total. The van der Waals surface area contributed by atoms with Gasteiger partial charge in [0.25, 0.3) is 0 Å². The van der Waals surface area contributed by atoms with Crippen LogP contribution in [0.3, 0.4) is 0 Å². The maximum absolute atomic E-state index is 9.10. The molecule has 1 aromatic carbocycles. The molecule has 0 unspecified atom stereocenters. The standard InChI is InChI=1S/C15H24N2O2.C2H2O4/c1-4-17(5-2)11-6-12-19-15-9-7-14(8-10-15)13(3)16-18;3-1(4)2(5)6/h7-10,18H,4-6,11-12H2,1-3H3;(H,3,4)(H,5,6)/b16-13+;. The summed E-state index contributed by atoms with van der Waals surface area (Å²) in [6.07, 6.45) is 1.03. The maximum atomic E-state index is 9.10. The quantitative estimate of drug-likeness (QED) is 0.215. The first-order chi connectivity index (χ1) is 11.8. The number of hydrogen-bond acceptors (Lipinski definition) is 6. The second kappa shape index (κ2) is 12.8. The molecule has 0 saturated carbocycles. The van der Waals surface area contributed by atoms with Crippen LogP contribution < -0.4 is 4.74 Å². The van der Waals surface area contributed by atoms with Crippen LogP contribution in [0.5, 0.6) is 5.75 Å².